The molecule has 0 fully saturated rings. The van der Waals surface area contributed by atoms with E-state index in [4.69, 9.17) is 0 Å². The lowest BCUT2D eigenvalue weighted by atomic mass is 9.97. The Hall–Kier alpha value is -0.860. The van der Waals surface area contributed by atoms with Gasteiger partial charge in [0, 0.05) is 18.1 Å². The molecule has 0 heterocycles. The Labute approximate surface area is 125 Å². The van der Waals surface area contributed by atoms with Gasteiger partial charge in [-0.05, 0) is 45.3 Å². The van der Waals surface area contributed by atoms with Gasteiger partial charge in [-0.3, -0.25) is 4.90 Å². The van der Waals surface area contributed by atoms with Crippen molar-refractivity contribution in [2.24, 2.45) is 0 Å². The molecule has 1 rings (SSSR count). The average Bonchev–Trinajstić information content (AvgIpc) is 2.49. The third-order valence-corrected chi connectivity index (χ3v) is 4.42. The second-order valence-electron chi connectivity index (χ2n) is 5.72. The first kappa shape index (κ1) is 17.2. The van der Waals surface area contributed by atoms with Gasteiger partial charge >= 0.3 is 0 Å². The molecule has 2 nitrogen and oxygen atoms in total. The molecule has 0 bridgehead atoms. The molecule has 2 heteroatoms. The molecule has 1 aromatic rings. The summed E-state index contributed by atoms with van der Waals surface area (Å²) < 4.78 is 0. The summed E-state index contributed by atoms with van der Waals surface area (Å²) in [5.41, 5.74) is 1.39. The summed E-state index contributed by atoms with van der Waals surface area (Å²) in [6.07, 6.45) is 3.60. The fourth-order valence-corrected chi connectivity index (χ4v) is 2.96. The van der Waals surface area contributed by atoms with Crippen molar-refractivity contribution in [3.8, 4) is 0 Å². The minimum absolute atomic E-state index is 0.404. The van der Waals surface area contributed by atoms with Gasteiger partial charge in [-0.25, -0.2) is 0 Å². The summed E-state index contributed by atoms with van der Waals surface area (Å²) in [4.78, 5) is 2.54. The van der Waals surface area contributed by atoms with Crippen molar-refractivity contribution in [1.29, 1.82) is 0 Å². The van der Waals surface area contributed by atoms with E-state index in [9.17, 15) is 0 Å². The highest BCUT2D eigenvalue weighted by molar-refractivity contribution is 5.20. The Morgan fingerprint density at radius 3 is 2.15 bits per heavy atom. The Kier molecular flexibility index (Phi) is 7.86. The first-order valence-corrected chi connectivity index (χ1v) is 8.15. The molecule has 0 aliphatic heterocycles. The summed E-state index contributed by atoms with van der Waals surface area (Å²) in [6.45, 7) is 10.2. The second-order valence-corrected chi connectivity index (χ2v) is 5.72. The highest BCUT2D eigenvalue weighted by Crippen LogP contribution is 2.23. The quantitative estimate of drug-likeness (QED) is 0.726. The molecular formula is C18H32N2. The molecule has 0 saturated heterocycles. The van der Waals surface area contributed by atoms with Crippen LogP contribution in [0.15, 0.2) is 30.3 Å². The Bertz CT molecular complexity index is 346. The summed E-state index contributed by atoms with van der Waals surface area (Å²) >= 11 is 0. The Morgan fingerprint density at radius 2 is 1.65 bits per heavy atom. The van der Waals surface area contributed by atoms with E-state index < -0.39 is 0 Å². The van der Waals surface area contributed by atoms with E-state index in [0.29, 0.717) is 18.1 Å². The molecule has 2 atom stereocenters. The lowest BCUT2D eigenvalue weighted by Gasteiger charge is -2.37. The SMILES string of the molecule is CCCNC(c1ccccc1)C(C)N(C)C(CC)CC. The maximum absolute atomic E-state index is 3.73. The molecule has 2 unspecified atom stereocenters. The zero-order chi connectivity index (χ0) is 15.0. The number of nitrogens with zero attached hydrogens (tertiary/aromatic N) is 1. The zero-order valence-corrected chi connectivity index (χ0v) is 13.9. The van der Waals surface area contributed by atoms with Crippen LogP contribution in [0.2, 0.25) is 0 Å². The standard InChI is InChI=1S/C18H32N2/c1-6-14-19-18(16-12-10-9-11-13-16)15(4)20(5)17(7-2)8-3/h9-13,15,17-19H,6-8,14H2,1-5H3. The van der Waals surface area contributed by atoms with Crippen LogP contribution in [0.1, 0.15) is 58.6 Å². The molecule has 1 N–H and O–H groups in total. The minimum Gasteiger partial charge on any atom is -0.309 e. The highest BCUT2D eigenvalue weighted by Gasteiger charge is 2.25. The van der Waals surface area contributed by atoms with Gasteiger partial charge in [0.25, 0.3) is 0 Å². The number of nitrogens with one attached hydrogen (secondary N) is 1. The largest absolute Gasteiger partial charge is 0.309 e. The number of likely N-dealkylation sites (N-methyl/N-ethyl adjacent to an activating group) is 1. The highest BCUT2D eigenvalue weighted by atomic mass is 15.2. The monoisotopic (exact) mass is 276 g/mol. The van der Waals surface area contributed by atoms with Crippen molar-refractivity contribution in [2.45, 2.75) is 65.1 Å². The lowest BCUT2D eigenvalue weighted by molar-refractivity contribution is 0.141. The third-order valence-electron chi connectivity index (χ3n) is 4.42. The number of benzene rings is 1. The van der Waals surface area contributed by atoms with Crippen LogP contribution in [0, 0.1) is 0 Å². The van der Waals surface area contributed by atoms with E-state index in [1.165, 1.54) is 24.8 Å². The number of rotatable bonds is 9. The van der Waals surface area contributed by atoms with Crippen LogP contribution >= 0.6 is 0 Å². The van der Waals surface area contributed by atoms with Crippen LogP contribution in [-0.4, -0.2) is 30.6 Å². The lowest BCUT2D eigenvalue weighted by Crippen LogP contribution is -2.45. The van der Waals surface area contributed by atoms with Gasteiger partial charge in [-0.2, -0.15) is 0 Å². The van der Waals surface area contributed by atoms with Crippen LogP contribution in [-0.2, 0) is 0 Å². The van der Waals surface area contributed by atoms with Crippen LogP contribution in [0.4, 0.5) is 0 Å². The molecule has 0 saturated carbocycles. The normalized spacial score (nSPS) is 14.8. The average molecular weight is 276 g/mol. The fourth-order valence-electron chi connectivity index (χ4n) is 2.96. The molecule has 1 aromatic carbocycles. The molecular weight excluding hydrogens is 244 g/mol. The van der Waals surface area contributed by atoms with Crippen molar-refractivity contribution in [3.05, 3.63) is 35.9 Å². The first-order chi connectivity index (χ1) is 9.65. The number of hydrogen-bond donors (Lipinski definition) is 1. The van der Waals surface area contributed by atoms with Crippen LogP contribution in [0.5, 0.6) is 0 Å². The molecule has 0 aliphatic rings. The van der Waals surface area contributed by atoms with Crippen molar-refractivity contribution in [1.82, 2.24) is 10.2 Å². The Balaban J connectivity index is 2.87. The van der Waals surface area contributed by atoms with Gasteiger partial charge in [-0.15, -0.1) is 0 Å². The van der Waals surface area contributed by atoms with E-state index >= 15 is 0 Å². The van der Waals surface area contributed by atoms with Crippen LogP contribution < -0.4 is 5.32 Å². The fraction of sp³-hybridized carbons (Fsp3) is 0.667. The van der Waals surface area contributed by atoms with Gasteiger partial charge in [0.15, 0.2) is 0 Å². The molecule has 114 valence electrons. The number of hydrogen-bond acceptors (Lipinski definition) is 2. The van der Waals surface area contributed by atoms with Crippen molar-refractivity contribution in [3.63, 3.8) is 0 Å². The van der Waals surface area contributed by atoms with E-state index in [0.717, 1.165) is 6.54 Å². The van der Waals surface area contributed by atoms with Crippen LogP contribution in [0.25, 0.3) is 0 Å². The summed E-state index contributed by atoms with van der Waals surface area (Å²) in [5.74, 6) is 0. The van der Waals surface area contributed by atoms with E-state index in [2.05, 4.69) is 75.3 Å². The predicted octanol–water partition coefficient (Wildman–Crippen LogP) is 4.24. The molecule has 0 radical (unpaired) electrons. The maximum atomic E-state index is 3.73. The van der Waals surface area contributed by atoms with Gasteiger partial charge in [0.2, 0.25) is 0 Å². The van der Waals surface area contributed by atoms with E-state index in [1.54, 1.807) is 0 Å². The van der Waals surface area contributed by atoms with Gasteiger partial charge in [0.1, 0.15) is 0 Å². The van der Waals surface area contributed by atoms with Gasteiger partial charge in [-0.1, -0.05) is 51.1 Å². The summed E-state index contributed by atoms with van der Waals surface area (Å²) in [7, 11) is 2.27. The molecule has 0 amide bonds. The van der Waals surface area contributed by atoms with Crippen molar-refractivity contribution in [2.75, 3.05) is 13.6 Å². The predicted molar refractivity (Wildman–Crippen MR) is 89.1 cm³/mol. The molecule has 0 spiro atoms. The smallest absolute Gasteiger partial charge is 0.0475 e. The molecule has 0 aromatic heterocycles. The van der Waals surface area contributed by atoms with E-state index in [-0.39, 0.29) is 0 Å². The molecule has 20 heavy (non-hydrogen) atoms. The minimum atomic E-state index is 0.404. The third kappa shape index (κ3) is 4.60. The van der Waals surface area contributed by atoms with Gasteiger partial charge in [0.05, 0.1) is 0 Å². The second kappa shape index (κ2) is 9.15. The van der Waals surface area contributed by atoms with E-state index in [1.807, 2.05) is 0 Å². The maximum Gasteiger partial charge on any atom is 0.0475 e. The Morgan fingerprint density at radius 1 is 1.05 bits per heavy atom. The van der Waals surface area contributed by atoms with Gasteiger partial charge < -0.3 is 5.32 Å². The first-order valence-electron chi connectivity index (χ1n) is 8.15. The van der Waals surface area contributed by atoms with Crippen molar-refractivity contribution < 1.29 is 0 Å². The zero-order valence-electron chi connectivity index (χ0n) is 13.9. The van der Waals surface area contributed by atoms with Crippen molar-refractivity contribution >= 4 is 0 Å². The topological polar surface area (TPSA) is 15.3 Å². The molecule has 0 aliphatic carbocycles. The summed E-state index contributed by atoms with van der Waals surface area (Å²) in [6, 6.07) is 12.4. The van der Waals surface area contributed by atoms with Crippen LogP contribution in [0.3, 0.4) is 0 Å². The summed E-state index contributed by atoms with van der Waals surface area (Å²) in [5, 5.41) is 3.73.